The van der Waals surface area contributed by atoms with Gasteiger partial charge in [-0.25, -0.2) is 9.97 Å². The molecule has 4 aromatic rings. The molecule has 0 saturated carbocycles. The van der Waals surface area contributed by atoms with Crippen LogP contribution in [0.1, 0.15) is 171 Å². The van der Waals surface area contributed by atoms with Crippen molar-refractivity contribution in [2.24, 2.45) is 0 Å². The van der Waals surface area contributed by atoms with Crippen LogP contribution in [0.15, 0.2) is 60.7 Å². The Morgan fingerprint density at radius 2 is 0.755 bits per heavy atom. The van der Waals surface area contributed by atoms with E-state index >= 15 is 0 Å². The van der Waals surface area contributed by atoms with Crippen molar-refractivity contribution in [2.45, 2.75) is 138 Å². The van der Waals surface area contributed by atoms with E-state index in [2.05, 4.69) is 154 Å². The van der Waals surface area contributed by atoms with Gasteiger partial charge in [0, 0.05) is 24.2 Å². The molecule has 0 aliphatic rings. The van der Waals surface area contributed by atoms with E-state index in [1.807, 2.05) is 0 Å². The molecular formula is C45H64N4. The number of hydrogen-bond acceptors (Lipinski definition) is 4. The van der Waals surface area contributed by atoms with Crippen molar-refractivity contribution in [3.05, 3.63) is 94.0 Å². The van der Waals surface area contributed by atoms with Gasteiger partial charge in [0.2, 0.25) is 0 Å². The van der Waals surface area contributed by atoms with Gasteiger partial charge in [0.05, 0.1) is 11.4 Å². The SMILES string of the molecule is CC(C)c1cc(C(C)C)c(-c2cccc(NCCCCCNc3cccc(-c4c(C(C)C)cc(C(C)C)cc4C(C)C)n3)n2)c(C(C)C)c1. The lowest BCUT2D eigenvalue weighted by Crippen LogP contribution is -2.08. The quantitative estimate of drug-likeness (QED) is 0.117. The van der Waals surface area contributed by atoms with Crippen molar-refractivity contribution in [1.82, 2.24) is 9.97 Å². The molecule has 2 aromatic carbocycles. The highest BCUT2D eigenvalue weighted by Crippen LogP contribution is 2.40. The number of aromatic nitrogens is 2. The third-order valence-electron chi connectivity index (χ3n) is 9.74. The first-order valence-corrected chi connectivity index (χ1v) is 19.1. The van der Waals surface area contributed by atoms with Crippen LogP contribution in [0.4, 0.5) is 11.6 Å². The fourth-order valence-corrected chi connectivity index (χ4v) is 6.71. The topological polar surface area (TPSA) is 49.8 Å². The maximum absolute atomic E-state index is 5.13. The first kappa shape index (κ1) is 38.1. The highest BCUT2D eigenvalue weighted by atomic mass is 15.0. The first-order chi connectivity index (χ1) is 23.3. The molecule has 0 aliphatic carbocycles. The van der Waals surface area contributed by atoms with Crippen molar-refractivity contribution in [1.29, 1.82) is 0 Å². The molecule has 0 fully saturated rings. The summed E-state index contributed by atoms with van der Waals surface area (Å²) in [5.74, 6) is 4.65. The van der Waals surface area contributed by atoms with E-state index in [1.54, 1.807) is 0 Å². The number of benzene rings is 2. The lowest BCUT2D eigenvalue weighted by molar-refractivity contribution is 0.719. The molecule has 2 N–H and O–H groups in total. The minimum atomic E-state index is 0.433. The van der Waals surface area contributed by atoms with Gasteiger partial charge in [-0.3, -0.25) is 0 Å². The minimum Gasteiger partial charge on any atom is -0.370 e. The van der Waals surface area contributed by atoms with Gasteiger partial charge < -0.3 is 10.6 Å². The molecule has 2 aromatic heterocycles. The fraction of sp³-hybridized carbons (Fsp3) is 0.511. The zero-order chi connectivity index (χ0) is 35.8. The Kier molecular flexibility index (Phi) is 13.5. The predicted octanol–water partition coefficient (Wildman–Crippen LogP) is 13.2. The van der Waals surface area contributed by atoms with Crippen LogP contribution < -0.4 is 10.6 Å². The van der Waals surface area contributed by atoms with Crippen molar-refractivity contribution in [3.8, 4) is 22.5 Å². The largest absolute Gasteiger partial charge is 0.370 e. The van der Waals surface area contributed by atoms with Gasteiger partial charge in [0.1, 0.15) is 11.6 Å². The van der Waals surface area contributed by atoms with Gasteiger partial charge >= 0.3 is 0 Å². The van der Waals surface area contributed by atoms with Crippen molar-refractivity contribution >= 4 is 11.6 Å². The van der Waals surface area contributed by atoms with Crippen LogP contribution in [-0.2, 0) is 0 Å². The van der Waals surface area contributed by atoms with Gasteiger partial charge in [-0.1, -0.05) is 119 Å². The summed E-state index contributed by atoms with van der Waals surface area (Å²) in [6.45, 7) is 29.4. The number of nitrogens with one attached hydrogen (secondary N) is 2. The van der Waals surface area contributed by atoms with E-state index < -0.39 is 0 Å². The Morgan fingerprint density at radius 1 is 0.429 bits per heavy atom. The molecule has 0 unspecified atom stereocenters. The van der Waals surface area contributed by atoms with Crippen LogP contribution in [-0.4, -0.2) is 23.1 Å². The standard InChI is InChI=1S/C45H64N4/c1-28(2)34-24-36(30(5)6)44(37(25-34)31(7)8)40-18-16-20-42(48-40)46-22-14-13-15-23-47-43-21-17-19-41(49-43)45-38(32(9)10)26-35(29(3)4)27-39(45)33(11)12/h16-21,24-33H,13-15,22-23H2,1-12H3,(H,46,48)(H,47,49). The summed E-state index contributed by atoms with van der Waals surface area (Å²) >= 11 is 0. The molecule has 0 saturated heterocycles. The molecule has 0 spiro atoms. The maximum Gasteiger partial charge on any atom is 0.126 e. The molecule has 4 heteroatoms. The second kappa shape index (κ2) is 17.3. The lowest BCUT2D eigenvalue weighted by atomic mass is 9.83. The second-order valence-corrected chi connectivity index (χ2v) is 15.8. The van der Waals surface area contributed by atoms with Crippen molar-refractivity contribution < 1.29 is 0 Å². The predicted molar refractivity (Wildman–Crippen MR) is 215 cm³/mol. The molecule has 0 aliphatic heterocycles. The van der Waals surface area contributed by atoms with E-state index in [4.69, 9.17) is 9.97 Å². The summed E-state index contributed by atoms with van der Waals surface area (Å²) in [6.07, 6.45) is 3.32. The number of nitrogens with zero attached hydrogens (tertiary/aromatic N) is 2. The summed E-state index contributed by atoms with van der Waals surface area (Å²) in [7, 11) is 0. The average molecular weight is 661 g/mol. The smallest absolute Gasteiger partial charge is 0.126 e. The first-order valence-electron chi connectivity index (χ1n) is 19.1. The molecular weight excluding hydrogens is 597 g/mol. The average Bonchev–Trinajstić information content (AvgIpc) is 3.06. The van der Waals surface area contributed by atoms with Crippen LogP contribution >= 0.6 is 0 Å². The van der Waals surface area contributed by atoms with Crippen LogP contribution in [0, 0.1) is 0 Å². The molecule has 0 radical (unpaired) electrons. The van der Waals surface area contributed by atoms with E-state index in [0.29, 0.717) is 35.5 Å². The van der Waals surface area contributed by atoms with Gasteiger partial charge in [-0.2, -0.15) is 0 Å². The minimum absolute atomic E-state index is 0.433. The molecule has 264 valence electrons. The molecule has 0 amide bonds. The Morgan fingerprint density at radius 3 is 1.04 bits per heavy atom. The Bertz CT molecular complexity index is 1480. The number of anilines is 2. The van der Waals surface area contributed by atoms with Crippen LogP contribution in [0.25, 0.3) is 22.5 Å². The maximum atomic E-state index is 5.13. The molecule has 0 bridgehead atoms. The Balaban J connectivity index is 1.37. The molecule has 4 nitrogen and oxygen atoms in total. The number of hydrogen-bond donors (Lipinski definition) is 2. The van der Waals surface area contributed by atoms with Gasteiger partial charge in [0.25, 0.3) is 0 Å². The lowest BCUT2D eigenvalue weighted by Gasteiger charge is -2.23. The Hall–Kier alpha value is -3.66. The zero-order valence-electron chi connectivity index (χ0n) is 32.7. The summed E-state index contributed by atoms with van der Waals surface area (Å²) in [5.41, 5.74) is 13.2. The number of rotatable bonds is 16. The summed E-state index contributed by atoms with van der Waals surface area (Å²) in [5, 5.41) is 7.22. The number of pyridine rings is 2. The summed E-state index contributed by atoms with van der Waals surface area (Å²) < 4.78 is 0. The van der Waals surface area contributed by atoms with Crippen LogP contribution in [0.3, 0.4) is 0 Å². The van der Waals surface area contributed by atoms with E-state index in [1.165, 1.54) is 44.5 Å². The highest BCUT2D eigenvalue weighted by molar-refractivity contribution is 5.73. The third kappa shape index (κ3) is 9.74. The van der Waals surface area contributed by atoms with Gasteiger partial charge in [0.15, 0.2) is 0 Å². The monoisotopic (exact) mass is 661 g/mol. The fourth-order valence-electron chi connectivity index (χ4n) is 6.71. The van der Waals surface area contributed by atoms with E-state index in [-0.39, 0.29) is 0 Å². The summed E-state index contributed by atoms with van der Waals surface area (Å²) in [4.78, 5) is 10.3. The summed E-state index contributed by atoms with van der Waals surface area (Å²) in [6, 6.07) is 22.5. The third-order valence-corrected chi connectivity index (χ3v) is 9.74. The van der Waals surface area contributed by atoms with Crippen LogP contribution in [0.5, 0.6) is 0 Å². The molecule has 0 atom stereocenters. The van der Waals surface area contributed by atoms with Gasteiger partial charge in [-0.15, -0.1) is 0 Å². The normalized spacial score (nSPS) is 12.0. The van der Waals surface area contributed by atoms with Gasteiger partial charge in [-0.05, 0) is 112 Å². The van der Waals surface area contributed by atoms with E-state index in [0.717, 1.165) is 55.4 Å². The van der Waals surface area contributed by atoms with Crippen molar-refractivity contribution in [2.75, 3.05) is 23.7 Å². The molecule has 4 rings (SSSR count). The zero-order valence-corrected chi connectivity index (χ0v) is 32.7. The number of unbranched alkanes of at least 4 members (excludes halogenated alkanes) is 2. The van der Waals surface area contributed by atoms with E-state index in [9.17, 15) is 0 Å². The second-order valence-electron chi connectivity index (χ2n) is 15.8. The molecule has 2 heterocycles. The Labute approximate surface area is 299 Å². The van der Waals surface area contributed by atoms with Crippen molar-refractivity contribution in [3.63, 3.8) is 0 Å². The molecule has 49 heavy (non-hydrogen) atoms. The van der Waals surface area contributed by atoms with Crippen LogP contribution in [0.2, 0.25) is 0 Å². The highest BCUT2D eigenvalue weighted by Gasteiger charge is 2.21.